The van der Waals surface area contributed by atoms with Gasteiger partial charge in [0.15, 0.2) is 0 Å². The van der Waals surface area contributed by atoms with Gasteiger partial charge < -0.3 is 10.4 Å². The van der Waals surface area contributed by atoms with Crippen LogP contribution in [-0.2, 0) is 5.41 Å². The maximum Gasteiger partial charge on any atom is 0.335 e. The van der Waals surface area contributed by atoms with E-state index in [9.17, 15) is 4.79 Å². The molecule has 3 nitrogen and oxygen atoms in total. The first-order valence-corrected chi connectivity index (χ1v) is 4.62. The summed E-state index contributed by atoms with van der Waals surface area (Å²) in [6.07, 6.45) is 0. The summed E-state index contributed by atoms with van der Waals surface area (Å²) >= 11 is 0. The van der Waals surface area contributed by atoms with Crippen LogP contribution in [0.4, 0.5) is 5.69 Å². The fourth-order valence-corrected chi connectivity index (χ4v) is 1.83. The molecule has 0 aromatic heterocycles. The molecule has 0 amide bonds. The van der Waals surface area contributed by atoms with Gasteiger partial charge in [0, 0.05) is 17.6 Å². The summed E-state index contributed by atoms with van der Waals surface area (Å²) < 4.78 is 0. The Hall–Kier alpha value is -1.51. The van der Waals surface area contributed by atoms with Gasteiger partial charge in [-0.3, -0.25) is 0 Å². The first-order chi connectivity index (χ1) is 6.50. The van der Waals surface area contributed by atoms with Crippen molar-refractivity contribution in [1.29, 1.82) is 0 Å². The lowest BCUT2D eigenvalue weighted by molar-refractivity contribution is 0.0697. The van der Waals surface area contributed by atoms with Crippen LogP contribution in [0.2, 0.25) is 0 Å². The summed E-state index contributed by atoms with van der Waals surface area (Å²) in [7, 11) is 0. The molecule has 2 rings (SSSR count). The van der Waals surface area contributed by atoms with Crippen LogP contribution < -0.4 is 5.32 Å². The predicted molar refractivity (Wildman–Crippen MR) is 54.9 cm³/mol. The lowest BCUT2D eigenvalue weighted by Crippen LogP contribution is -2.18. The average molecular weight is 191 g/mol. The second-order valence-corrected chi connectivity index (χ2v) is 4.30. The lowest BCUT2D eigenvalue weighted by Gasteiger charge is -2.16. The van der Waals surface area contributed by atoms with Crippen molar-refractivity contribution < 1.29 is 9.90 Å². The van der Waals surface area contributed by atoms with Crippen molar-refractivity contribution in [2.24, 2.45) is 0 Å². The van der Waals surface area contributed by atoms with Crippen molar-refractivity contribution in [3.8, 4) is 0 Å². The standard InChI is InChI=1S/C11H13NO2/c1-11(2)6-12-9-5-7(10(13)14)3-4-8(9)11/h3-5,12H,6H2,1-2H3,(H,13,14). The van der Waals surface area contributed by atoms with E-state index < -0.39 is 5.97 Å². The van der Waals surface area contributed by atoms with Crippen molar-refractivity contribution in [1.82, 2.24) is 0 Å². The molecule has 1 aliphatic rings. The average Bonchev–Trinajstić information content (AvgIpc) is 2.42. The smallest absolute Gasteiger partial charge is 0.335 e. The zero-order chi connectivity index (χ0) is 10.3. The number of nitrogens with one attached hydrogen (secondary N) is 1. The van der Waals surface area contributed by atoms with Gasteiger partial charge in [-0.05, 0) is 17.7 Å². The molecule has 0 saturated heterocycles. The van der Waals surface area contributed by atoms with Crippen LogP contribution in [0.15, 0.2) is 18.2 Å². The minimum absolute atomic E-state index is 0.104. The predicted octanol–water partition coefficient (Wildman–Crippen LogP) is 2.09. The number of rotatable bonds is 1. The Labute approximate surface area is 82.8 Å². The molecule has 1 heterocycles. The zero-order valence-corrected chi connectivity index (χ0v) is 8.29. The van der Waals surface area contributed by atoms with Gasteiger partial charge in [0.2, 0.25) is 0 Å². The van der Waals surface area contributed by atoms with Crippen LogP contribution >= 0.6 is 0 Å². The molecule has 0 aliphatic carbocycles. The Balaban J connectivity index is 2.49. The highest BCUT2D eigenvalue weighted by atomic mass is 16.4. The van der Waals surface area contributed by atoms with E-state index in [0.29, 0.717) is 5.56 Å². The molecular formula is C11H13NO2. The molecule has 0 atom stereocenters. The Kier molecular flexibility index (Phi) is 1.77. The SMILES string of the molecule is CC1(C)CNc2cc(C(=O)O)ccc21. The summed E-state index contributed by atoms with van der Waals surface area (Å²) in [6.45, 7) is 5.16. The maximum atomic E-state index is 10.7. The molecule has 1 aromatic carbocycles. The highest BCUT2D eigenvalue weighted by Gasteiger charge is 2.29. The molecule has 0 saturated carbocycles. The highest BCUT2D eigenvalue weighted by Crippen LogP contribution is 2.36. The van der Waals surface area contributed by atoms with E-state index >= 15 is 0 Å². The van der Waals surface area contributed by atoms with E-state index in [-0.39, 0.29) is 5.41 Å². The zero-order valence-electron chi connectivity index (χ0n) is 8.29. The van der Waals surface area contributed by atoms with E-state index in [1.807, 2.05) is 6.07 Å². The van der Waals surface area contributed by atoms with E-state index in [4.69, 9.17) is 5.11 Å². The van der Waals surface area contributed by atoms with Crippen molar-refractivity contribution in [2.75, 3.05) is 11.9 Å². The van der Waals surface area contributed by atoms with Gasteiger partial charge in [-0.25, -0.2) is 4.79 Å². The molecule has 14 heavy (non-hydrogen) atoms. The van der Waals surface area contributed by atoms with Crippen molar-refractivity contribution in [2.45, 2.75) is 19.3 Å². The van der Waals surface area contributed by atoms with E-state index in [2.05, 4.69) is 19.2 Å². The van der Waals surface area contributed by atoms with Gasteiger partial charge in [-0.2, -0.15) is 0 Å². The Morgan fingerprint density at radius 1 is 1.50 bits per heavy atom. The Morgan fingerprint density at radius 2 is 2.21 bits per heavy atom. The molecule has 0 unspecified atom stereocenters. The minimum atomic E-state index is -0.876. The van der Waals surface area contributed by atoms with Gasteiger partial charge in [0.1, 0.15) is 0 Å². The van der Waals surface area contributed by atoms with Crippen LogP contribution in [-0.4, -0.2) is 17.6 Å². The first-order valence-electron chi connectivity index (χ1n) is 4.62. The number of hydrogen-bond acceptors (Lipinski definition) is 2. The normalized spacial score (nSPS) is 17.3. The Bertz CT molecular complexity index is 396. The van der Waals surface area contributed by atoms with Crippen LogP contribution in [0.1, 0.15) is 29.8 Å². The number of aromatic carboxylic acids is 1. The third kappa shape index (κ3) is 1.25. The number of fused-ring (bicyclic) bond motifs is 1. The molecular weight excluding hydrogens is 178 g/mol. The summed E-state index contributed by atoms with van der Waals surface area (Å²) in [6, 6.07) is 5.26. The monoisotopic (exact) mass is 191 g/mol. The molecule has 1 aliphatic heterocycles. The topological polar surface area (TPSA) is 49.3 Å². The first kappa shape index (κ1) is 9.06. The van der Waals surface area contributed by atoms with Gasteiger partial charge in [0.05, 0.1) is 5.56 Å². The second kappa shape index (κ2) is 2.74. The lowest BCUT2D eigenvalue weighted by atomic mass is 9.86. The molecule has 3 heteroatoms. The van der Waals surface area contributed by atoms with Gasteiger partial charge in [-0.1, -0.05) is 19.9 Å². The van der Waals surface area contributed by atoms with Crippen molar-refractivity contribution >= 4 is 11.7 Å². The summed E-state index contributed by atoms with van der Waals surface area (Å²) in [5, 5.41) is 12.0. The molecule has 0 spiro atoms. The summed E-state index contributed by atoms with van der Waals surface area (Å²) in [4.78, 5) is 10.7. The van der Waals surface area contributed by atoms with E-state index in [1.54, 1.807) is 12.1 Å². The van der Waals surface area contributed by atoms with E-state index in [0.717, 1.165) is 12.2 Å². The largest absolute Gasteiger partial charge is 0.478 e. The molecule has 0 radical (unpaired) electrons. The molecule has 1 aromatic rings. The third-order valence-corrected chi connectivity index (χ3v) is 2.72. The quantitative estimate of drug-likeness (QED) is 0.714. The summed E-state index contributed by atoms with van der Waals surface area (Å²) in [5.41, 5.74) is 2.60. The number of benzene rings is 1. The number of carboxylic acids is 1. The van der Waals surface area contributed by atoms with Crippen LogP contribution in [0.5, 0.6) is 0 Å². The van der Waals surface area contributed by atoms with Crippen LogP contribution in [0, 0.1) is 0 Å². The maximum absolute atomic E-state index is 10.7. The number of anilines is 1. The molecule has 0 bridgehead atoms. The van der Waals surface area contributed by atoms with E-state index in [1.165, 1.54) is 5.56 Å². The number of carboxylic acid groups (broad SMARTS) is 1. The minimum Gasteiger partial charge on any atom is -0.478 e. The van der Waals surface area contributed by atoms with Crippen LogP contribution in [0.25, 0.3) is 0 Å². The van der Waals surface area contributed by atoms with Gasteiger partial charge in [0.25, 0.3) is 0 Å². The fraction of sp³-hybridized carbons (Fsp3) is 0.364. The van der Waals surface area contributed by atoms with Gasteiger partial charge in [-0.15, -0.1) is 0 Å². The van der Waals surface area contributed by atoms with Crippen molar-refractivity contribution in [3.05, 3.63) is 29.3 Å². The highest BCUT2D eigenvalue weighted by molar-refractivity contribution is 5.89. The molecule has 74 valence electrons. The molecule has 2 N–H and O–H groups in total. The Morgan fingerprint density at radius 3 is 2.86 bits per heavy atom. The third-order valence-electron chi connectivity index (χ3n) is 2.72. The molecule has 0 fully saturated rings. The fourth-order valence-electron chi connectivity index (χ4n) is 1.83. The van der Waals surface area contributed by atoms with Crippen molar-refractivity contribution in [3.63, 3.8) is 0 Å². The number of hydrogen-bond donors (Lipinski definition) is 2. The summed E-state index contributed by atoms with van der Waals surface area (Å²) in [5.74, 6) is -0.876. The number of carbonyl (C=O) groups is 1. The second-order valence-electron chi connectivity index (χ2n) is 4.30. The van der Waals surface area contributed by atoms with Gasteiger partial charge >= 0.3 is 5.97 Å². The van der Waals surface area contributed by atoms with Crippen LogP contribution in [0.3, 0.4) is 0 Å².